The Morgan fingerprint density at radius 2 is 1.89 bits per heavy atom. The number of hydrogen-bond acceptors (Lipinski definition) is 4. The van der Waals surface area contributed by atoms with Crippen LogP contribution in [0.15, 0.2) is 93.5 Å². The molecule has 3 aromatic carbocycles. The van der Waals surface area contributed by atoms with E-state index in [2.05, 4.69) is 58.4 Å². The summed E-state index contributed by atoms with van der Waals surface area (Å²) in [7, 11) is 1.70. The number of rotatable bonds is 4. The molecule has 2 heterocycles. The van der Waals surface area contributed by atoms with Gasteiger partial charge in [-0.05, 0) is 48.5 Å². The lowest BCUT2D eigenvalue weighted by molar-refractivity contribution is 0.415. The molecule has 0 aliphatic carbocycles. The normalized spacial score (nSPS) is 11.3. The number of hydrogen-bond donors (Lipinski definition) is 0. The molecule has 0 unspecified atom stereocenters. The maximum atomic E-state index is 5.45. The minimum Gasteiger partial charge on any atom is -0.497 e. The van der Waals surface area contributed by atoms with Crippen LogP contribution in [0.4, 0.5) is 0 Å². The minimum atomic E-state index is 0.847. The van der Waals surface area contributed by atoms with Crippen molar-refractivity contribution in [2.24, 2.45) is 0 Å². The molecule has 0 spiro atoms. The van der Waals surface area contributed by atoms with Crippen LogP contribution in [-0.4, -0.2) is 16.8 Å². The monoisotopic (exact) mass is 372 g/mol. The predicted octanol–water partition coefficient (Wildman–Crippen LogP) is 5.93. The van der Waals surface area contributed by atoms with Crippen molar-refractivity contribution >= 4 is 33.6 Å². The molecule has 2 aromatic heterocycles. The Labute approximate surface area is 160 Å². The zero-order valence-corrected chi connectivity index (χ0v) is 15.4. The van der Waals surface area contributed by atoms with Crippen LogP contribution in [0.1, 0.15) is 0 Å². The highest BCUT2D eigenvalue weighted by molar-refractivity contribution is 7.99. The maximum Gasteiger partial charge on any atom is 0.131 e. The molecule has 0 fully saturated rings. The second-order valence-electron chi connectivity index (χ2n) is 6.22. The third-order valence-corrected chi connectivity index (χ3v) is 5.62. The van der Waals surface area contributed by atoms with Crippen molar-refractivity contribution in [2.45, 2.75) is 9.79 Å². The van der Waals surface area contributed by atoms with E-state index < -0.39 is 0 Å². The molecular formula is C22H16N2O2S. The van der Waals surface area contributed by atoms with Crippen molar-refractivity contribution < 1.29 is 9.26 Å². The van der Waals surface area contributed by atoms with E-state index in [1.54, 1.807) is 25.1 Å². The molecule has 0 N–H and O–H groups in total. The molecule has 5 heteroatoms. The Balaban J connectivity index is 1.69. The Kier molecular flexibility index (Phi) is 3.87. The van der Waals surface area contributed by atoms with Crippen molar-refractivity contribution in [3.8, 4) is 11.4 Å². The number of ether oxygens (including phenoxy) is 1. The van der Waals surface area contributed by atoms with Crippen LogP contribution >= 0.6 is 11.8 Å². The van der Waals surface area contributed by atoms with Crippen LogP contribution in [0.2, 0.25) is 0 Å². The Bertz CT molecular complexity index is 1240. The summed E-state index contributed by atoms with van der Waals surface area (Å²) in [4.78, 5) is 2.38. The van der Waals surface area contributed by atoms with Gasteiger partial charge in [-0.1, -0.05) is 35.1 Å². The van der Waals surface area contributed by atoms with Gasteiger partial charge in [0.2, 0.25) is 0 Å². The third-order valence-electron chi connectivity index (χ3n) is 4.57. The van der Waals surface area contributed by atoms with Gasteiger partial charge in [-0.25, -0.2) is 0 Å². The van der Waals surface area contributed by atoms with E-state index in [0.717, 1.165) is 33.2 Å². The van der Waals surface area contributed by atoms with Crippen molar-refractivity contribution in [3.05, 3.63) is 79.2 Å². The van der Waals surface area contributed by atoms with E-state index in [0.29, 0.717) is 0 Å². The highest BCUT2D eigenvalue weighted by Gasteiger charge is 2.13. The fraction of sp³-hybridized carbons (Fsp3) is 0.0455. The van der Waals surface area contributed by atoms with Crippen LogP contribution in [0.25, 0.3) is 27.5 Å². The zero-order chi connectivity index (χ0) is 18.2. The maximum absolute atomic E-state index is 5.45. The first-order valence-electron chi connectivity index (χ1n) is 8.58. The summed E-state index contributed by atoms with van der Waals surface area (Å²) in [5, 5.41) is 6.23. The topological polar surface area (TPSA) is 40.2 Å². The second-order valence-corrected chi connectivity index (χ2v) is 7.33. The molecule has 0 saturated heterocycles. The molecule has 4 nitrogen and oxygen atoms in total. The Morgan fingerprint density at radius 3 is 2.74 bits per heavy atom. The fourth-order valence-corrected chi connectivity index (χ4v) is 4.20. The average Bonchev–Trinajstić information content (AvgIpc) is 3.32. The molecule has 0 radical (unpaired) electrons. The SMILES string of the molecule is COc1ccc2c(c1)c(Sc1ccccc1)cn2-c1ccc2conc2c1. The van der Waals surface area contributed by atoms with E-state index >= 15 is 0 Å². The van der Waals surface area contributed by atoms with E-state index in [1.807, 2.05) is 24.3 Å². The molecule has 5 aromatic rings. The predicted molar refractivity (Wildman–Crippen MR) is 108 cm³/mol. The van der Waals surface area contributed by atoms with Gasteiger partial charge in [0.05, 0.1) is 12.6 Å². The fourth-order valence-electron chi connectivity index (χ4n) is 3.22. The Morgan fingerprint density at radius 1 is 1.00 bits per heavy atom. The molecule has 5 rings (SSSR count). The van der Waals surface area contributed by atoms with Crippen LogP contribution in [0, 0.1) is 0 Å². The number of methoxy groups -OCH3 is 1. The molecule has 0 aliphatic heterocycles. The number of benzene rings is 3. The first-order valence-corrected chi connectivity index (χ1v) is 9.40. The summed E-state index contributed by atoms with van der Waals surface area (Å²) < 4.78 is 12.7. The van der Waals surface area contributed by atoms with E-state index in [-0.39, 0.29) is 0 Å². The van der Waals surface area contributed by atoms with Crippen molar-refractivity contribution in [1.82, 2.24) is 9.72 Å². The number of aromatic nitrogens is 2. The van der Waals surface area contributed by atoms with Crippen LogP contribution in [-0.2, 0) is 0 Å². The molecule has 0 atom stereocenters. The first kappa shape index (κ1) is 16.0. The smallest absolute Gasteiger partial charge is 0.131 e. The molecule has 0 aliphatic rings. The molecule has 132 valence electrons. The highest BCUT2D eigenvalue weighted by Crippen LogP contribution is 2.38. The molecule has 0 saturated carbocycles. The van der Waals surface area contributed by atoms with E-state index in [1.165, 1.54) is 9.79 Å². The lowest BCUT2D eigenvalue weighted by Crippen LogP contribution is -1.91. The van der Waals surface area contributed by atoms with Crippen molar-refractivity contribution in [1.29, 1.82) is 0 Å². The average molecular weight is 372 g/mol. The zero-order valence-electron chi connectivity index (χ0n) is 14.6. The first-order chi connectivity index (χ1) is 13.3. The van der Waals surface area contributed by atoms with Gasteiger partial charge in [0.25, 0.3) is 0 Å². The minimum absolute atomic E-state index is 0.847. The van der Waals surface area contributed by atoms with Gasteiger partial charge in [0.1, 0.15) is 17.5 Å². The van der Waals surface area contributed by atoms with Gasteiger partial charge in [-0.3, -0.25) is 0 Å². The summed E-state index contributed by atoms with van der Waals surface area (Å²) in [5.74, 6) is 0.849. The van der Waals surface area contributed by atoms with E-state index in [9.17, 15) is 0 Å². The summed E-state index contributed by atoms with van der Waals surface area (Å²) in [6.07, 6.45) is 3.83. The lowest BCUT2D eigenvalue weighted by atomic mass is 10.2. The largest absolute Gasteiger partial charge is 0.497 e. The van der Waals surface area contributed by atoms with Crippen LogP contribution < -0.4 is 4.74 Å². The molecular weight excluding hydrogens is 356 g/mol. The third kappa shape index (κ3) is 2.86. The van der Waals surface area contributed by atoms with Crippen molar-refractivity contribution in [2.75, 3.05) is 7.11 Å². The summed E-state index contributed by atoms with van der Waals surface area (Å²) in [6.45, 7) is 0. The van der Waals surface area contributed by atoms with Gasteiger partial charge in [0, 0.05) is 32.4 Å². The molecule has 0 bridgehead atoms. The van der Waals surface area contributed by atoms with Crippen LogP contribution in [0.5, 0.6) is 5.75 Å². The quantitative estimate of drug-likeness (QED) is 0.392. The van der Waals surface area contributed by atoms with E-state index in [4.69, 9.17) is 9.26 Å². The highest BCUT2D eigenvalue weighted by atomic mass is 32.2. The summed E-state index contributed by atoms with van der Waals surface area (Å²) in [5.41, 5.74) is 3.02. The Hall–Kier alpha value is -3.18. The lowest BCUT2D eigenvalue weighted by Gasteiger charge is -2.06. The van der Waals surface area contributed by atoms with Crippen LogP contribution in [0.3, 0.4) is 0 Å². The summed E-state index contributed by atoms with van der Waals surface area (Å²) >= 11 is 1.75. The second kappa shape index (κ2) is 6.52. The molecule has 27 heavy (non-hydrogen) atoms. The van der Waals surface area contributed by atoms with Gasteiger partial charge in [0.15, 0.2) is 0 Å². The summed E-state index contributed by atoms with van der Waals surface area (Å²) in [6, 6.07) is 22.7. The van der Waals surface area contributed by atoms with Crippen molar-refractivity contribution in [3.63, 3.8) is 0 Å². The number of fused-ring (bicyclic) bond motifs is 2. The number of nitrogens with zero attached hydrogens (tertiary/aromatic N) is 2. The molecule has 0 amide bonds. The van der Waals surface area contributed by atoms with Gasteiger partial charge in [-0.2, -0.15) is 0 Å². The van der Waals surface area contributed by atoms with Gasteiger partial charge >= 0.3 is 0 Å². The van der Waals surface area contributed by atoms with Gasteiger partial charge < -0.3 is 13.8 Å². The van der Waals surface area contributed by atoms with Gasteiger partial charge in [-0.15, -0.1) is 0 Å². The standard InChI is InChI=1S/C22H16N2O2S/c1-25-17-9-10-21-19(12-17)22(27-18-5-3-2-4-6-18)13-24(21)16-8-7-15-14-26-23-20(15)11-16/h2-14H,1H3.